The molecule has 0 aromatic heterocycles. The molecule has 0 spiro atoms. The van der Waals surface area contributed by atoms with E-state index < -0.39 is 0 Å². The zero-order valence-corrected chi connectivity index (χ0v) is 16.9. The van der Waals surface area contributed by atoms with Crippen LogP contribution in [0.3, 0.4) is 0 Å². The highest BCUT2D eigenvalue weighted by Crippen LogP contribution is 2.39. The molecule has 0 amide bonds. The summed E-state index contributed by atoms with van der Waals surface area (Å²) in [6, 6.07) is 7.47. The molecule has 0 saturated carbocycles. The van der Waals surface area contributed by atoms with E-state index in [9.17, 15) is 0 Å². The first-order valence-electron chi connectivity index (χ1n) is 8.89. The summed E-state index contributed by atoms with van der Waals surface area (Å²) in [5.74, 6) is 1.02. The highest BCUT2D eigenvalue weighted by atomic mass is 32.1. The van der Waals surface area contributed by atoms with Gasteiger partial charge in [-0.1, -0.05) is 24.9 Å². The Balaban J connectivity index is 1.56. The Morgan fingerprint density at radius 2 is 1.75 bits per heavy atom. The second-order valence-corrected chi connectivity index (χ2v) is 9.55. The number of piperazine rings is 1. The zero-order chi connectivity index (χ0) is 17.1. The van der Waals surface area contributed by atoms with Crippen molar-refractivity contribution in [2.45, 2.75) is 25.8 Å². The molecular weight excluding hydrogens is 337 g/mol. The van der Waals surface area contributed by atoms with Crippen molar-refractivity contribution in [3.63, 3.8) is 0 Å². The third-order valence-corrected chi connectivity index (χ3v) is 8.11. The van der Waals surface area contributed by atoms with Crippen molar-refractivity contribution in [1.29, 1.82) is 0 Å². The molecule has 1 aromatic carbocycles. The van der Waals surface area contributed by atoms with E-state index >= 15 is 0 Å². The van der Waals surface area contributed by atoms with Crippen molar-refractivity contribution < 1.29 is 4.74 Å². The van der Waals surface area contributed by atoms with Gasteiger partial charge in [-0.2, -0.15) is 0 Å². The molecule has 2 aliphatic heterocycles. The molecule has 4 nitrogen and oxygen atoms in total. The molecule has 2 saturated heterocycles. The predicted molar refractivity (Wildman–Crippen MR) is 107 cm³/mol. The van der Waals surface area contributed by atoms with Gasteiger partial charge >= 0.3 is 0 Å². The van der Waals surface area contributed by atoms with E-state index in [1.54, 1.807) is 7.11 Å². The maximum atomic E-state index is 5.50. The minimum absolute atomic E-state index is 0.257. The lowest BCUT2D eigenvalue weighted by atomic mass is 10.0. The van der Waals surface area contributed by atoms with Crippen molar-refractivity contribution in [1.82, 2.24) is 13.9 Å². The molecule has 24 heavy (non-hydrogen) atoms. The monoisotopic (exact) mass is 367 g/mol. The van der Waals surface area contributed by atoms with E-state index in [2.05, 4.69) is 58.5 Å². The number of hydrogen-bond acceptors (Lipinski definition) is 5. The van der Waals surface area contributed by atoms with E-state index in [4.69, 9.17) is 4.74 Å². The van der Waals surface area contributed by atoms with Crippen LogP contribution >= 0.6 is 20.9 Å². The first-order chi connectivity index (χ1) is 11.6. The normalized spacial score (nSPS) is 23.3. The number of piperidine rings is 1. The van der Waals surface area contributed by atoms with Crippen LogP contribution in [0.15, 0.2) is 18.2 Å². The average Bonchev–Trinajstić information content (AvgIpc) is 2.62. The van der Waals surface area contributed by atoms with Gasteiger partial charge in [0.05, 0.1) is 7.11 Å². The Hall–Kier alpha value is -0.320. The van der Waals surface area contributed by atoms with E-state index in [-0.39, 0.29) is 8.07 Å². The Morgan fingerprint density at radius 3 is 2.38 bits per heavy atom. The Morgan fingerprint density at radius 1 is 1.08 bits per heavy atom. The number of nitrogens with zero attached hydrogens (tertiary/aromatic N) is 3. The lowest BCUT2D eigenvalue weighted by Gasteiger charge is -2.43. The summed E-state index contributed by atoms with van der Waals surface area (Å²) >= 11 is 4.46. The molecule has 0 bridgehead atoms. The summed E-state index contributed by atoms with van der Waals surface area (Å²) in [7, 11) is 1.51. The molecular formula is C18H30N3OPS. The van der Waals surface area contributed by atoms with Gasteiger partial charge < -0.3 is 4.74 Å². The summed E-state index contributed by atoms with van der Waals surface area (Å²) in [4.78, 5) is 2.68. The van der Waals surface area contributed by atoms with Crippen molar-refractivity contribution >= 4 is 26.2 Å². The summed E-state index contributed by atoms with van der Waals surface area (Å²) in [6.07, 6.45) is 2.59. The van der Waals surface area contributed by atoms with Gasteiger partial charge in [-0.15, -0.1) is 0 Å². The molecule has 2 aliphatic rings. The van der Waals surface area contributed by atoms with Gasteiger partial charge in [0.25, 0.3) is 0 Å². The van der Waals surface area contributed by atoms with Crippen molar-refractivity contribution in [3.8, 4) is 5.75 Å². The number of hydrogen-bond donors (Lipinski definition) is 1. The van der Waals surface area contributed by atoms with Crippen LogP contribution in [0.25, 0.3) is 0 Å². The zero-order valence-electron chi connectivity index (χ0n) is 15.1. The smallest absolute Gasteiger partial charge is 0.122 e. The SMILES string of the molecule is COc1cc(P(C)N2CCC(N3CCN(S)CC3)CC2)ccc1C. The number of aryl methyl sites for hydroxylation is 1. The molecule has 2 heterocycles. The lowest BCUT2D eigenvalue weighted by molar-refractivity contribution is 0.106. The van der Waals surface area contributed by atoms with Crippen molar-refractivity contribution in [2.75, 3.05) is 53.0 Å². The molecule has 2 fully saturated rings. The van der Waals surface area contributed by atoms with Gasteiger partial charge in [0.15, 0.2) is 0 Å². The van der Waals surface area contributed by atoms with Crippen LogP contribution in [0.4, 0.5) is 0 Å². The summed E-state index contributed by atoms with van der Waals surface area (Å²) in [5, 5.41) is 1.43. The van der Waals surface area contributed by atoms with Crippen LogP contribution in [0.5, 0.6) is 5.75 Å². The first-order valence-corrected chi connectivity index (χ1v) is 11.0. The highest BCUT2D eigenvalue weighted by Gasteiger charge is 2.29. The van der Waals surface area contributed by atoms with Crippen LogP contribution < -0.4 is 10.0 Å². The van der Waals surface area contributed by atoms with Crippen LogP contribution in [0, 0.1) is 6.92 Å². The maximum Gasteiger partial charge on any atom is 0.122 e. The molecule has 1 unspecified atom stereocenters. The van der Waals surface area contributed by atoms with E-state index in [0.29, 0.717) is 0 Å². The molecule has 0 aliphatic carbocycles. The first kappa shape index (κ1) is 18.5. The maximum absolute atomic E-state index is 5.50. The number of benzene rings is 1. The number of rotatable bonds is 4. The largest absolute Gasteiger partial charge is 0.496 e. The third-order valence-electron chi connectivity index (χ3n) is 5.44. The quantitative estimate of drug-likeness (QED) is 0.651. The second kappa shape index (κ2) is 8.37. The van der Waals surface area contributed by atoms with Crippen LogP contribution in [0.1, 0.15) is 18.4 Å². The predicted octanol–water partition coefficient (Wildman–Crippen LogP) is 2.58. The van der Waals surface area contributed by atoms with Gasteiger partial charge in [0.1, 0.15) is 5.75 Å². The van der Waals surface area contributed by atoms with Gasteiger partial charge in [0, 0.05) is 45.3 Å². The van der Waals surface area contributed by atoms with Gasteiger partial charge in [0.2, 0.25) is 0 Å². The Bertz CT molecular complexity index is 543. The fraction of sp³-hybridized carbons (Fsp3) is 0.667. The fourth-order valence-electron chi connectivity index (χ4n) is 3.77. The molecule has 1 aromatic rings. The standard InChI is InChI=1S/C18H30N3OPS/c1-15-4-5-17(14-18(15)22-2)23(3)20-8-6-16(7-9-20)19-10-12-21(24)13-11-19/h4-5,14,16,24H,6-13H2,1-3H3. The molecule has 134 valence electrons. The lowest BCUT2D eigenvalue weighted by Crippen LogP contribution is -2.51. The number of thiol groups is 1. The van der Waals surface area contributed by atoms with Gasteiger partial charge in [-0.05, 0) is 51.4 Å². The molecule has 6 heteroatoms. The number of methoxy groups -OCH3 is 1. The Kier molecular flexibility index (Phi) is 6.44. The topological polar surface area (TPSA) is 19.0 Å². The van der Waals surface area contributed by atoms with Crippen molar-refractivity contribution in [3.05, 3.63) is 23.8 Å². The van der Waals surface area contributed by atoms with E-state index in [0.717, 1.165) is 24.9 Å². The molecule has 0 N–H and O–H groups in total. The van der Waals surface area contributed by atoms with Crippen LogP contribution in [-0.4, -0.2) is 73.0 Å². The van der Waals surface area contributed by atoms with E-state index in [1.807, 2.05) is 0 Å². The third kappa shape index (κ3) is 4.25. The molecule has 0 radical (unpaired) electrons. The fourth-order valence-corrected chi connectivity index (χ4v) is 5.70. The average molecular weight is 367 g/mol. The molecule has 1 atom stereocenters. The van der Waals surface area contributed by atoms with Gasteiger partial charge in [-0.3, -0.25) is 13.9 Å². The van der Waals surface area contributed by atoms with Gasteiger partial charge in [-0.25, -0.2) is 0 Å². The summed E-state index contributed by atoms with van der Waals surface area (Å²) in [5.41, 5.74) is 1.21. The summed E-state index contributed by atoms with van der Waals surface area (Å²) in [6.45, 7) is 11.4. The molecule has 3 rings (SSSR count). The van der Waals surface area contributed by atoms with Crippen LogP contribution in [-0.2, 0) is 0 Å². The van der Waals surface area contributed by atoms with Crippen LogP contribution in [0.2, 0.25) is 0 Å². The van der Waals surface area contributed by atoms with E-state index in [1.165, 1.54) is 49.9 Å². The minimum atomic E-state index is -0.257. The second-order valence-electron chi connectivity index (χ2n) is 6.85. The number of ether oxygens (including phenoxy) is 1. The highest BCUT2D eigenvalue weighted by molar-refractivity contribution is 7.77. The minimum Gasteiger partial charge on any atom is -0.496 e. The summed E-state index contributed by atoms with van der Waals surface area (Å²) < 4.78 is 10.3. The van der Waals surface area contributed by atoms with Crippen molar-refractivity contribution in [2.24, 2.45) is 0 Å². The Labute approximate surface area is 153 Å².